The Morgan fingerprint density at radius 2 is 1.40 bits per heavy atom. The van der Waals surface area contributed by atoms with Crippen molar-refractivity contribution in [3.63, 3.8) is 0 Å². The molecule has 0 saturated carbocycles. The molecular weight excluding hydrogens is 122 g/mol. The van der Waals surface area contributed by atoms with Crippen molar-refractivity contribution in [1.82, 2.24) is 0 Å². The lowest BCUT2D eigenvalue weighted by Crippen LogP contribution is -2.28. The van der Waals surface area contributed by atoms with E-state index in [4.69, 9.17) is 0 Å². The normalized spacial score (nSPS) is 10.0. The first-order valence-corrected chi connectivity index (χ1v) is 3.54. The summed E-state index contributed by atoms with van der Waals surface area (Å²) in [5, 5.41) is 0. The molecule has 0 saturated heterocycles. The van der Waals surface area contributed by atoms with Crippen LogP contribution in [0.1, 0.15) is 16.7 Å². The standard InChI is InChI=1S/C9H14N/c1-7-5-10(4)6-8(2)9(7)3/h5-6H,1-4H3/q+1. The monoisotopic (exact) mass is 136 g/mol. The van der Waals surface area contributed by atoms with Gasteiger partial charge in [-0.2, -0.15) is 0 Å². The quantitative estimate of drug-likeness (QED) is 0.475. The summed E-state index contributed by atoms with van der Waals surface area (Å²) in [7, 11) is 2.06. The van der Waals surface area contributed by atoms with E-state index in [0.717, 1.165) is 0 Å². The minimum atomic E-state index is 1.36. The summed E-state index contributed by atoms with van der Waals surface area (Å²) in [5.41, 5.74) is 4.13. The fourth-order valence-corrected chi connectivity index (χ4v) is 1.15. The zero-order valence-corrected chi connectivity index (χ0v) is 7.10. The lowest BCUT2D eigenvalue weighted by atomic mass is 10.1. The largest absolute Gasteiger partial charge is 0.207 e. The predicted octanol–water partition coefficient (Wildman–Crippen LogP) is 1.44. The number of nitrogens with zero attached hydrogens (tertiary/aromatic N) is 1. The molecule has 0 aliphatic heterocycles. The lowest BCUT2D eigenvalue weighted by molar-refractivity contribution is -0.672. The smallest absolute Gasteiger partial charge is 0.171 e. The Labute approximate surface area is 62.3 Å². The van der Waals surface area contributed by atoms with Crippen molar-refractivity contribution >= 4 is 0 Å². The summed E-state index contributed by atoms with van der Waals surface area (Å²) in [6.07, 6.45) is 4.28. The van der Waals surface area contributed by atoms with Crippen LogP contribution < -0.4 is 4.57 Å². The van der Waals surface area contributed by atoms with Crippen LogP contribution in [0.2, 0.25) is 0 Å². The van der Waals surface area contributed by atoms with Gasteiger partial charge in [-0.15, -0.1) is 0 Å². The van der Waals surface area contributed by atoms with E-state index in [1.165, 1.54) is 16.7 Å². The molecule has 0 aliphatic rings. The molecule has 0 atom stereocenters. The first-order valence-electron chi connectivity index (χ1n) is 3.54. The number of pyridine rings is 1. The van der Waals surface area contributed by atoms with E-state index in [1.807, 2.05) is 0 Å². The zero-order chi connectivity index (χ0) is 7.72. The van der Waals surface area contributed by atoms with Crippen molar-refractivity contribution in [2.75, 3.05) is 0 Å². The minimum Gasteiger partial charge on any atom is -0.207 e. The molecule has 0 aromatic carbocycles. The molecule has 0 unspecified atom stereocenters. The molecule has 0 radical (unpaired) electrons. The Morgan fingerprint density at radius 3 is 1.80 bits per heavy atom. The number of aromatic nitrogens is 1. The Balaban J connectivity index is 3.31. The summed E-state index contributed by atoms with van der Waals surface area (Å²) in [6, 6.07) is 0. The molecular formula is C9H14N+. The molecule has 1 heterocycles. The third-order valence-electron chi connectivity index (χ3n) is 1.98. The van der Waals surface area contributed by atoms with E-state index < -0.39 is 0 Å². The van der Waals surface area contributed by atoms with E-state index in [9.17, 15) is 0 Å². The van der Waals surface area contributed by atoms with Gasteiger partial charge in [-0.3, -0.25) is 0 Å². The SMILES string of the molecule is Cc1c[n+](C)cc(C)c1C. The molecule has 1 aromatic heterocycles. The molecule has 0 aliphatic carbocycles. The van der Waals surface area contributed by atoms with Crippen LogP contribution >= 0.6 is 0 Å². The number of hydrogen-bond acceptors (Lipinski definition) is 0. The van der Waals surface area contributed by atoms with E-state index in [-0.39, 0.29) is 0 Å². The fourth-order valence-electron chi connectivity index (χ4n) is 1.15. The highest BCUT2D eigenvalue weighted by atomic mass is 14.9. The van der Waals surface area contributed by atoms with Crippen molar-refractivity contribution in [3.05, 3.63) is 29.1 Å². The molecule has 0 spiro atoms. The zero-order valence-electron chi connectivity index (χ0n) is 7.10. The molecule has 0 bridgehead atoms. The maximum Gasteiger partial charge on any atom is 0.171 e. The first kappa shape index (κ1) is 7.26. The van der Waals surface area contributed by atoms with E-state index >= 15 is 0 Å². The van der Waals surface area contributed by atoms with E-state index in [2.05, 4.69) is 44.8 Å². The minimum absolute atomic E-state index is 1.36. The molecule has 1 rings (SSSR count). The molecule has 1 nitrogen and oxygen atoms in total. The lowest BCUT2D eigenvalue weighted by Gasteiger charge is -1.99. The van der Waals surface area contributed by atoms with Crippen LogP contribution in [-0.2, 0) is 7.05 Å². The number of aryl methyl sites for hydroxylation is 3. The van der Waals surface area contributed by atoms with Crippen LogP contribution in [0.25, 0.3) is 0 Å². The maximum atomic E-state index is 2.16. The summed E-state index contributed by atoms with van der Waals surface area (Å²) in [6.45, 7) is 6.44. The van der Waals surface area contributed by atoms with Crippen LogP contribution in [0.15, 0.2) is 12.4 Å². The van der Waals surface area contributed by atoms with Crippen molar-refractivity contribution in [3.8, 4) is 0 Å². The Bertz CT molecular complexity index is 228. The van der Waals surface area contributed by atoms with Gasteiger partial charge in [0.15, 0.2) is 12.4 Å². The van der Waals surface area contributed by atoms with Gasteiger partial charge in [0, 0.05) is 11.1 Å². The second-order valence-corrected chi connectivity index (χ2v) is 2.91. The summed E-state index contributed by atoms with van der Waals surface area (Å²) in [4.78, 5) is 0. The van der Waals surface area contributed by atoms with Crippen LogP contribution in [0.4, 0.5) is 0 Å². The predicted molar refractivity (Wildman–Crippen MR) is 41.8 cm³/mol. The average Bonchev–Trinajstić information content (AvgIpc) is 1.82. The maximum absolute atomic E-state index is 2.16. The third-order valence-corrected chi connectivity index (χ3v) is 1.98. The third kappa shape index (κ3) is 1.18. The van der Waals surface area contributed by atoms with Gasteiger partial charge in [0.05, 0.1) is 0 Å². The van der Waals surface area contributed by atoms with Gasteiger partial charge in [0.25, 0.3) is 0 Å². The van der Waals surface area contributed by atoms with Gasteiger partial charge >= 0.3 is 0 Å². The summed E-state index contributed by atoms with van der Waals surface area (Å²) in [5.74, 6) is 0. The Hall–Kier alpha value is -0.850. The highest BCUT2D eigenvalue weighted by Crippen LogP contribution is 2.06. The van der Waals surface area contributed by atoms with Crippen LogP contribution in [0, 0.1) is 20.8 Å². The van der Waals surface area contributed by atoms with Crippen molar-refractivity contribution in [1.29, 1.82) is 0 Å². The number of hydrogen-bond donors (Lipinski definition) is 0. The van der Waals surface area contributed by atoms with Gasteiger partial charge in [0.1, 0.15) is 7.05 Å². The van der Waals surface area contributed by atoms with E-state index in [1.54, 1.807) is 0 Å². The highest BCUT2D eigenvalue weighted by Gasteiger charge is 2.01. The van der Waals surface area contributed by atoms with Gasteiger partial charge in [-0.25, -0.2) is 4.57 Å². The average molecular weight is 136 g/mol. The van der Waals surface area contributed by atoms with Crippen LogP contribution in [-0.4, -0.2) is 0 Å². The van der Waals surface area contributed by atoms with Crippen molar-refractivity contribution in [2.45, 2.75) is 20.8 Å². The second-order valence-electron chi connectivity index (χ2n) is 2.91. The Kier molecular flexibility index (Phi) is 1.75. The van der Waals surface area contributed by atoms with Crippen molar-refractivity contribution < 1.29 is 4.57 Å². The molecule has 54 valence electrons. The molecule has 0 fully saturated rings. The van der Waals surface area contributed by atoms with Gasteiger partial charge < -0.3 is 0 Å². The Morgan fingerprint density at radius 1 is 1.00 bits per heavy atom. The van der Waals surface area contributed by atoms with Crippen LogP contribution in [0.3, 0.4) is 0 Å². The van der Waals surface area contributed by atoms with Crippen LogP contribution in [0.5, 0.6) is 0 Å². The number of rotatable bonds is 0. The molecule has 1 aromatic rings. The highest BCUT2D eigenvalue weighted by molar-refractivity contribution is 5.25. The summed E-state index contributed by atoms with van der Waals surface area (Å²) < 4.78 is 2.09. The molecule has 1 heteroatoms. The topological polar surface area (TPSA) is 3.88 Å². The second kappa shape index (κ2) is 2.41. The fraction of sp³-hybridized carbons (Fsp3) is 0.444. The van der Waals surface area contributed by atoms with E-state index in [0.29, 0.717) is 0 Å². The van der Waals surface area contributed by atoms with Gasteiger partial charge in [-0.1, -0.05) is 0 Å². The summed E-state index contributed by atoms with van der Waals surface area (Å²) >= 11 is 0. The molecule has 10 heavy (non-hydrogen) atoms. The molecule has 0 amide bonds. The van der Waals surface area contributed by atoms with Gasteiger partial charge in [-0.05, 0) is 26.3 Å². The molecule has 0 N–H and O–H groups in total. The van der Waals surface area contributed by atoms with Crippen molar-refractivity contribution in [2.24, 2.45) is 7.05 Å². The van der Waals surface area contributed by atoms with Gasteiger partial charge in [0.2, 0.25) is 0 Å². The first-order chi connectivity index (χ1) is 4.61.